The van der Waals surface area contributed by atoms with Gasteiger partial charge in [-0.25, -0.2) is 0 Å². The lowest BCUT2D eigenvalue weighted by Gasteiger charge is -2.71. The van der Waals surface area contributed by atoms with Gasteiger partial charge in [0.2, 0.25) is 0 Å². The first-order valence-electron chi connectivity index (χ1n) is 15.8. The summed E-state index contributed by atoms with van der Waals surface area (Å²) >= 11 is 0. The summed E-state index contributed by atoms with van der Waals surface area (Å²) in [5.41, 5.74) is 11.2. The first kappa shape index (κ1) is 26.8. The van der Waals surface area contributed by atoms with Gasteiger partial charge in [-0.1, -0.05) is 78.3 Å². The molecule has 2 N–H and O–H groups in total. The first-order valence-corrected chi connectivity index (χ1v) is 15.8. The van der Waals surface area contributed by atoms with E-state index in [4.69, 9.17) is 5.73 Å². The maximum atomic E-state index is 14.4. The van der Waals surface area contributed by atoms with Crippen LogP contribution in [0.2, 0.25) is 0 Å². The van der Waals surface area contributed by atoms with E-state index in [1.54, 1.807) is 0 Å². The Morgan fingerprint density at radius 2 is 1.50 bits per heavy atom. The van der Waals surface area contributed by atoms with E-state index >= 15 is 0 Å². The van der Waals surface area contributed by atoms with Gasteiger partial charge in [0.15, 0.2) is 5.78 Å². The molecule has 0 aromatic heterocycles. The molecule has 208 valence electrons. The van der Waals surface area contributed by atoms with Gasteiger partial charge in [0, 0.05) is 11.0 Å². The molecule has 9 atom stereocenters. The van der Waals surface area contributed by atoms with E-state index in [1.165, 1.54) is 61.6 Å². The monoisotopic (exact) mass is 515 g/mol. The van der Waals surface area contributed by atoms with Gasteiger partial charge in [-0.2, -0.15) is 0 Å². The second kappa shape index (κ2) is 8.31. The number of nitrogens with two attached hydrogens (primary N) is 1. The van der Waals surface area contributed by atoms with Gasteiger partial charge in [0.05, 0.1) is 0 Å². The quantitative estimate of drug-likeness (QED) is 0.428. The number of hydrogen-bond acceptors (Lipinski definition) is 2. The van der Waals surface area contributed by atoms with E-state index in [0.717, 1.165) is 12.3 Å². The van der Waals surface area contributed by atoms with E-state index in [9.17, 15) is 4.79 Å². The SMILES string of the molecule is Cc1ccc(C2=CC(=O)[C@]3(C)[C@H]4CC[C@@H]5[C@H]6[C@H](C(C)C)CC[C@]6(N)CC[C@@]5(C)[C@]4(C)CC[C@H]3C2(C)C)cc1. The van der Waals surface area contributed by atoms with Crippen LogP contribution >= 0.6 is 0 Å². The maximum Gasteiger partial charge on any atom is 0.162 e. The van der Waals surface area contributed by atoms with Crippen molar-refractivity contribution in [2.75, 3.05) is 0 Å². The predicted octanol–water partition coefficient (Wildman–Crippen LogP) is 8.62. The molecule has 6 rings (SSSR count). The fraction of sp³-hybridized carbons (Fsp3) is 0.750. The molecule has 0 amide bonds. The highest BCUT2D eigenvalue weighted by Crippen LogP contribution is 2.76. The van der Waals surface area contributed by atoms with Crippen molar-refractivity contribution in [3.8, 4) is 0 Å². The molecule has 0 aliphatic heterocycles. The minimum absolute atomic E-state index is 0.0236. The number of carbonyl (C=O) groups excluding carboxylic acids is 1. The van der Waals surface area contributed by atoms with Gasteiger partial charge >= 0.3 is 0 Å². The van der Waals surface area contributed by atoms with Crippen LogP contribution in [0.4, 0.5) is 0 Å². The zero-order valence-corrected chi connectivity index (χ0v) is 25.5. The van der Waals surface area contributed by atoms with Crippen molar-refractivity contribution >= 4 is 11.4 Å². The molecule has 5 aliphatic rings. The molecule has 38 heavy (non-hydrogen) atoms. The molecule has 1 aromatic carbocycles. The Labute approximate surface area is 232 Å². The number of aryl methyl sites for hydroxylation is 1. The van der Waals surface area contributed by atoms with Crippen LogP contribution < -0.4 is 5.73 Å². The molecule has 5 aliphatic carbocycles. The number of allylic oxidation sites excluding steroid dienone is 2. The number of ketones is 1. The Morgan fingerprint density at radius 1 is 0.816 bits per heavy atom. The highest BCUT2D eigenvalue weighted by molar-refractivity contribution is 6.04. The van der Waals surface area contributed by atoms with E-state index in [0.29, 0.717) is 35.4 Å². The molecule has 0 radical (unpaired) electrons. The molecular formula is C36H53NO. The molecule has 4 fully saturated rings. The predicted molar refractivity (Wildman–Crippen MR) is 158 cm³/mol. The van der Waals surface area contributed by atoms with Gasteiger partial charge in [-0.05, 0) is 127 Å². The van der Waals surface area contributed by atoms with Crippen molar-refractivity contribution < 1.29 is 4.79 Å². The topological polar surface area (TPSA) is 43.1 Å². The van der Waals surface area contributed by atoms with Crippen LogP contribution in [-0.2, 0) is 4.79 Å². The molecule has 0 saturated heterocycles. The lowest BCUT2D eigenvalue weighted by Crippen LogP contribution is -2.68. The Balaban J connectivity index is 1.41. The Morgan fingerprint density at radius 3 is 2.16 bits per heavy atom. The molecule has 1 aromatic rings. The molecule has 4 saturated carbocycles. The second-order valence-electron chi connectivity index (χ2n) is 16.2. The summed E-state index contributed by atoms with van der Waals surface area (Å²) in [7, 11) is 0. The molecule has 2 heteroatoms. The van der Waals surface area contributed by atoms with Gasteiger partial charge in [0.1, 0.15) is 0 Å². The van der Waals surface area contributed by atoms with Crippen molar-refractivity contribution in [3.63, 3.8) is 0 Å². The average Bonchev–Trinajstić information content (AvgIpc) is 3.20. The summed E-state index contributed by atoms with van der Waals surface area (Å²) in [4.78, 5) is 14.4. The summed E-state index contributed by atoms with van der Waals surface area (Å²) in [6, 6.07) is 8.84. The molecule has 0 spiro atoms. The van der Waals surface area contributed by atoms with E-state index < -0.39 is 0 Å². The average molecular weight is 516 g/mol. The largest absolute Gasteiger partial charge is 0.325 e. The fourth-order valence-electron chi connectivity index (χ4n) is 12.0. The van der Waals surface area contributed by atoms with Crippen LogP contribution in [-0.4, -0.2) is 11.3 Å². The van der Waals surface area contributed by atoms with Crippen molar-refractivity contribution in [3.05, 3.63) is 41.5 Å². The molecule has 0 heterocycles. The van der Waals surface area contributed by atoms with Crippen LogP contribution in [0.1, 0.15) is 111 Å². The molecular weight excluding hydrogens is 462 g/mol. The summed E-state index contributed by atoms with van der Waals surface area (Å²) < 4.78 is 0. The third-order valence-corrected chi connectivity index (χ3v) is 14.3. The van der Waals surface area contributed by atoms with Gasteiger partial charge < -0.3 is 5.73 Å². The van der Waals surface area contributed by atoms with Crippen LogP contribution in [0.3, 0.4) is 0 Å². The number of benzene rings is 1. The zero-order valence-electron chi connectivity index (χ0n) is 25.5. The lowest BCUT2D eigenvalue weighted by molar-refractivity contribution is -0.216. The molecule has 0 unspecified atom stereocenters. The van der Waals surface area contributed by atoms with Crippen LogP contribution in [0.25, 0.3) is 5.57 Å². The third kappa shape index (κ3) is 3.25. The molecule has 0 bridgehead atoms. The number of hydrogen-bond donors (Lipinski definition) is 1. The normalized spacial score (nSPS) is 47.6. The standard InChI is InChI=1S/C36H53NO/c1-22(2)25-15-18-36(37)20-19-33(6)26(31(25)36)13-14-29-34(33,7)17-16-28-32(4,5)27(21-30(38)35(28,29)8)24-11-9-23(3)10-12-24/h9-12,21-22,25-26,28-29,31H,13-20,37H2,1-8H3/t25-,26+,28-,29-,31+,33+,34+,35-,36-/m0/s1. The smallest absolute Gasteiger partial charge is 0.162 e. The van der Waals surface area contributed by atoms with Gasteiger partial charge in [0.25, 0.3) is 0 Å². The first-order chi connectivity index (χ1) is 17.7. The van der Waals surface area contributed by atoms with Crippen molar-refractivity contribution in [2.24, 2.45) is 62.9 Å². The summed E-state index contributed by atoms with van der Waals surface area (Å²) in [6.07, 6.45) is 11.9. The van der Waals surface area contributed by atoms with E-state index in [-0.39, 0.29) is 27.2 Å². The summed E-state index contributed by atoms with van der Waals surface area (Å²) in [5.74, 6) is 4.04. The minimum atomic E-state index is -0.289. The van der Waals surface area contributed by atoms with E-state index in [2.05, 4.69) is 85.7 Å². The van der Waals surface area contributed by atoms with Crippen LogP contribution in [0, 0.1) is 64.1 Å². The number of rotatable bonds is 2. The van der Waals surface area contributed by atoms with E-state index in [1.807, 2.05) is 0 Å². The third-order valence-electron chi connectivity index (χ3n) is 14.3. The maximum absolute atomic E-state index is 14.4. The lowest BCUT2D eigenvalue weighted by atomic mass is 9.32. The zero-order chi connectivity index (χ0) is 27.5. The minimum Gasteiger partial charge on any atom is -0.325 e. The number of fused-ring (bicyclic) bond motifs is 7. The summed E-state index contributed by atoms with van der Waals surface area (Å²) in [6.45, 7) is 19.5. The Bertz CT molecular complexity index is 1160. The van der Waals surface area contributed by atoms with Crippen LogP contribution in [0.5, 0.6) is 0 Å². The second-order valence-corrected chi connectivity index (χ2v) is 16.2. The Hall–Kier alpha value is -1.41. The van der Waals surface area contributed by atoms with Crippen molar-refractivity contribution in [1.29, 1.82) is 0 Å². The number of carbonyl (C=O) groups is 1. The highest BCUT2D eigenvalue weighted by atomic mass is 16.1. The highest BCUT2D eigenvalue weighted by Gasteiger charge is 2.71. The van der Waals surface area contributed by atoms with Crippen molar-refractivity contribution in [1.82, 2.24) is 0 Å². The Kier molecular flexibility index (Phi) is 5.86. The fourth-order valence-corrected chi connectivity index (χ4v) is 12.0. The van der Waals surface area contributed by atoms with Crippen molar-refractivity contribution in [2.45, 2.75) is 112 Å². The van der Waals surface area contributed by atoms with Gasteiger partial charge in [-0.15, -0.1) is 0 Å². The summed E-state index contributed by atoms with van der Waals surface area (Å²) in [5, 5.41) is 0. The van der Waals surface area contributed by atoms with Gasteiger partial charge in [-0.3, -0.25) is 4.79 Å². The van der Waals surface area contributed by atoms with Crippen LogP contribution in [0.15, 0.2) is 30.3 Å². The molecule has 2 nitrogen and oxygen atoms in total.